The number of hydrogen-bond acceptors (Lipinski definition) is 4. The van der Waals surface area contributed by atoms with Crippen LogP contribution in [0.25, 0.3) is 11.1 Å². The van der Waals surface area contributed by atoms with Crippen molar-refractivity contribution in [3.8, 4) is 0 Å². The van der Waals surface area contributed by atoms with Crippen LogP contribution in [0.5, 0.6) is 0 Å². The molecule has 5 nitrogen and oxygen atoms in total. The first kappa shape index (κ1) is 12.3. The average molecular weight is 302 g/mol. The Labute approximate surface area is 106 Å². The van der Waals surface area contributed by atoms with E-state index in [4.69, 9.17) is 14.3 Å². The molecule has 1 N–H and O–H groups in total. The van der Waals surface area contributed by atoms with Gasteiger partial charge in [-0.3, -0.25) is 4.57 Å². The molecule has 17 heavy (non-hydrogen) atoms. The summed E-state index contributed by atoms with van der Waals surface area (Å²) in [7, 11) is 0. The second-order valence-electron chi connectivity index (χ2n) is 3.47. The standard InChI is InChI=1S/C11H12BrNO4/c12-8-1-2-10-9(7-8)13(11(15)17-10)3-5-16-6-4-14/h1-2,7,14H,3-6H2. The summed E-state index contributed by atoms with van der Waals surface area (Å²) >= 11 is 3.35. The normalized spacial score (nSPS) is 11.2. The van der Waals surface area contributed by atoms with Gasteiger partial charge >= 0.3 is 5.76 Å². The molecule has 1 heterocycles. The lowest BCUT2D eigenvalue weighted by Gasteiger charge is -2.03. The number of nitrogens with zero attached hydrogens (tertiary/aromatic N) is 1. The molecule has 1 aromatic heterocycles. The first-order valence-electron chi connectivity index (χ1n) is 5.20. The molecular weight excluding hydrogens is 290 g/mol. The highest BCUT2D eigenvalue weighted by atomic mass is 79.9. The number of aliphatic hydroxyl groups is 1. The predicted molar refractivity (Wildman–Crippen MR) is 66.1 cm³/mol. The quantitative estimate of drug-likeness (QED) is 0.847. The van der Waals surface area contributed by atoms with E-state index in [0.29, 0.717) is 18.7 Å². The molecule has 0 aliphatic carbocycles. The van der Waals surface area contributed by atoms with Crippen LogP contribution in [-0.2, 0) is 11.3 Å². The number of fused-ring (bicyclic) bond motifs is 1. The largest absolute Gasteiger partial charge is 0.420 e. The minimum Gasteiger partial charge on any atom is -0.408 e. The van der Waals surface area contributed by atoms with E-state index in [-0.39, 0.29) is 13.2 Å². The summed E-state index contributed by atoms with van der Waals surface area (Å²) in [5.74, 6) is -0.398. The van der Waals surface area contributed by atoms with Gasteiger partial charge in [-0.05, 0) is 18.2 Å². The van der Waals surface area contributed by atoms with Crippen molar-refractivity contribution >= 4 is 27.0 Å². The van der Waals surface area contributed by atoms with Gasteiger partial charge in [0, 0.05) is 4.47 Å². The molecule has 0 aliphatic rings. The van der Waals surface area contributed by atoms with Crippen molar-refractivity contribution in [2.75, 3.05) is 19.8 Å². The Morgan fingerprint density at radius 2 is 2.24 bits per heavy atom. The molecule has 6 heteroatoms. The molecule has 2 rings (SSSR count). The molecule has 0 saturated heterocycles. The zero-order valence-corrected chi connectivity index (χ0v) is 10.6. The van der Waals surface area contributed by atoms with Crippen molar-refractivity contribution in [3.63, 3.8) is 0 Å². The number of oxazole rings is 1. The summed E-state index contributed by atoms with van der Waals surface area (Å²) < 4.78 is 12.6. The molecule has 0 unspecified atom stereocenters. The topological polar surface area (TPSA) is 64.6 Å². The van der Waals surface area contributed by atoms with E-state index in [1.54, 1.807) is 6.07 Å². The minimum absolute atomic E-state index is 0.0212. The van der Waals surface area contributed by atoms with Crippen LogP contribution < -0.4 is 5.76 Å². The Kier molecular flexibility index (Phi) is 3.98. The van der Waals surface area contributed by atoms with E-state index in [1.165, 1.54) is 4.57 Å². The molecule has 0 bridgehead atoms. The van der Waals surface area contributed by atoms with Gasteiger partial charge in [0.05, 0.1) is 31.9 Å². The molecule has 0 radical (unpaired) electrons. The smallest absolute Gasteiger partial charge is 0.408 e. The molecule has 0 aliphatic heterocycles. The van der Waals surface area contributed by atoms with Gasteiger partial charge < -0.3 is 14.3 Å². The third-order valence-electron chi connectivity index (χ3n) is 2.32. The number of rotatable bonds is 5. The third kappa shape index (κ3) is 2.77. The SMILES string of the molecule is O=c1oc2ccc(Br)cc2n1CCOCCO. The van der Waals surface area contributed by atoms with Gasteiger partial charge in [-0.25, -0.2) is 4.79 Å². The second kappa shape index (κ2) is 5.48. The van der Waals surface area contributed by atoms with E-state index in [1.807, 2.05) is 12.1 Å². The highest BCUT2D eigenvalue weighted by molar-refractivity contribution is 9.10. The highest BCUT2D eigenvalue weighted by Gasteiger charge is 2.08. The van der Waals surface area contributed by atoms with E-state index in [2.05, 4.69) is 15.9 Å². The van der Waals surface area contributed by atoms with Crippen LogP contribution in [0.3, 0.4) is 0 Å². The Morgan fingerprint density at radius 3 is 3.00 bits per heavy atom. The zero-order chi connectivity index (χ0) is 12.3. The molecular formula is C11H12BrNO4. The van der Waals surface area contributed by atoms with Crippen LogP contribution >= 0.6 is 15.9 Å². The summed E-state index contributed by atoms with van der Waals surface area (Å²) in [6.45, 7) is 1.02. The number of ether oxygens (including phenoxy) is 1. The van der Waals surface area contributed by atoms with Gasteiger partial charge in [0.15, 0.2) is 5.58 Å². The van der Waals surface area contributed by atoms with Crippen molar-refractivity contribution in [2.45, 2.75) is 6.54 Å². The Bertz CT molecular complexity index is 560. The molecule has 0 fully saturated rings. The number of hydrogen-bond donors (Lipinski definition) is 1. The maximum Gasteiger partial charge on any atom is 0.420 e. The van der Waals surface area contributed by atoms with E-state index >= 15 is 0 Å². The fraction of sp³-hybridized carbons (Fsp3) is 0.364. The first-order valence-corrected chi connectivity index (χ1v) is 5.99. The number of benzene rings is 1. The van der Waals surface area contributed by atoms with Gasteiger partial charge in [-0.1, -0.05) is 15.9 Å². The maximum atomic E-state index is 11.6. The fourth-order valence-corrected chi connectivity index (χ4v) is 1.92. The lowest BCUT2D eigenvalue weighted by molar-refractivity contribution is 0.0866. The lowest BCUT2D eigenvalue weighted by Crippen LogP contribution is -2.18. The van der Waals surface area contributed by atoms with Crippen LogP contribution in [0.4, 0.5) is 0 Å². The molecule has 0 atom stereocenters. The Hall–Kier alpha value is -1.11. The Morgan fingerprint density at radius 1 is 1.41 bits per heavy atom. The molecule has 0 spiro atoms. The first-order chi connectivity index (χ1) is 8.22. The monoisotopic (exact) mass is 301 g/mol. The van der Waals surface area contributed by atoms with E-state index in [0.717, 1.165) is 9.99 Å². The maximum absolute atomic E-state index is 11.6. The van der Waals surface area contributed by atoms with Gasteiger partial charge in [0.1, 0.15) is 0 Å². The third-order valence-corrected chi connectivity index (χ3v) is 2.82. The summed E-state index contributed by atoms with van der Waals surface area (Å²) in [6, 6.07) is 5.38. The predicted octanol–water partition coefficient (Wildman–Crippen LogP) is 1.37. The molecule has 1 aromatic carbocycles. The fourth-order valence-electron chi connectivity index (χ4n) is 1.57. The van der Waals surface area contributed by atoms with E-state index < -0.39 is 5.76 Å². The van der Waals surface area contributed by atoms with Crippen LogP contribution in [0.2, 0.25) is 0 Å². The van der Waals surface area contributed by atoms with Crippen molar-refractivity contribution in [1.29, 1.82) is 0 Å². The highest BCUT2D eigenvalue weighted by Crippen LogP contribution is 2.18. The summed E-state index contributed by atoms with van der Waals surface area (Å²) in [5.41, 5.74) is 1.29. The Balaban J connectivity index is 2.23. The van der Waals surface area contributed by atoms with Crippen molar-refractivity contribution < 1.29 is 14.3 Å². The molecule has 92 valence electrons. The van der Waals surface area contributed by atoms with Crippen molar-refractivity contribution in [3.05, 3.63) is 33.2 Å². The molecule has 0 saturated carbocycles. The molecule has 2 aromatic rings. The zero-order valence-electron chi connectivity index (χ0n) is 9.06. The van der Waals surface area contributed by atoms with Gasteiger partial charge in [-0.15, -0.1) is 0 Å². The second-order valence-corrected chi connectivity index (χ2v) is 4.38. The number of aromatic nitrogens is 1. The van der Waals surface area contributed by atoms with Gasteiger partial charge in [0.25, 0.3) is 0 Å². The van der Waals surface area contributed by atoms with Crippen LogP contribution in [-0.4, -0.2) is 29.5 Å². The van der Waals surface area contributed by atoms with Crippen LogP contribution in [0.1, 0.15) is 0 Å². The minimum atomic E-state index is -0.398. The van der Waals surface area contributed by atoms with Crippen molar-refractivity contribution in [2.24, 2.45) is 0 Å². The average Bonchev–Trinajstić information content (AvgIpc) is 2.61. The van der Waals surface area contributed by atoms with Crippen LogP contribution in [0.15, 0.2) is 31.9 Å². The summed E-state index contributed by atoms with van der Waals surface area (Å²) in [6.07, 6.45) is 0. The van der Waals surface area contributed by atoms with E-state index in [9.17, 15) is 4.79 Å². The molecule has 0 amide bonds. The summed E-state index contributed by atoms with van der Waals surface area (Å²) in [4.78, 5) is 11.6. The van der Waals surface area contributed by atoms with Crippen molar-refractivity contribution in [1.82, 2.24) is 4.57 Å². The number of aliphatic hydroxyl groups excluding tert-OH is 1. The lowest BCUT2D eigenvalue weighted by atomic mass is 10.3. The van der Waals surface area contributed by atoms with Crippen LogP contribution in [0, 0.1) is 0 Å². The van der Waals surface area contributed by atoms with Gasteiger partial charge in [-0.2, -0.15) is 0 Å². The van der Waals surface area contributed by atoms with Gasteiger partial charge in [0.2, 0.25) is 0 Å². The summed E-state index contributed by atoms with van der Waals surface area (Å²) in [5, 5.41) is 8.57. The number of halogens is 1.